The van der Waals surface area contributed by atoms with Gasteiger partial charge < -0.3 is 4.42 Å². The van der Waals surface area contributed by atoms with Crippen LogP contribution >= 0.6 is 0 Å². The van der Waals surface area contributed by atoms with E-state index >= 15 is 0 Å². The number of aryl methyl sites for hydroxylation is 1. The van der Waals surface area contributed by atoms with Crippen LogP contribution in [0.2, 0.25) is 0 Å². The van der Waals surface area contributed by atoms with Crippen molar-refractivity contribution in [1.29, 1.82) is 5.26 Å². The summed E-state index contributed by atoms with van der Waals surface area (Å²) in [6.07, 6.45) is 0. The number of rotatable bonds is 2. The molecule has 2 heterocycles. The third-order valence-electron chi connectivity index (χ3n) is 5.15. The number of fused-ring (bicyclic) bond motifs is 3. The second-order valence-electron chi connectivity index (χ2n) is 6.83. The van der Waals surface area contributed by atoms with Gasteiger partial charge in [-0.1, -0.05) is 13.7 Å². The van der Waals surface area contributed by atoms with Gasteiger partial charge in [0, 0.05) is 43.0 Å². The standard InChI is InChI=1S/C25H25N2O/c1-14(2)20-11-23(27(6)17(5)16(20)4)21-12-25-22(9-15(21)3)19-8-7-18(13-26)10-24(19)28-25/h7-12,14H,1-6H3/q+1/i1D3,2D3,4D3,11D,14D. The molecule has 0 aliphatic heterocycles. The summed E-state index contributed by atoms with van der Waals surface area (Å²) in [5.74, 6) is -3.40. The molecule has 0 unspecified atom stereocenters. The number of pyridine rings is 1. The lowest BCUT2D eigenvalue weighted by Gasteiger charge is -2.14. The average Bonchev–Trinajstić information content (AvgIpc) is 3.15. The summed E-state index contributed by atoms with van der Waals surface area (Å²) in [5, 5.41) is 10.7. The number of aromatic nitrogens is 1. The highest BCUT2D eigenvalue weighted by molar-refractivity contribution is 6.06. The zero-order chi connectivity index (χ0) is 29.5. The van der Waals surface area contributed by atoms with Crippen LogP contribution < -0.4 is 4.57 Å². The summed E-state index contributed by atoms with van der Waals surface area (Å²) in [6, 6.07) is 9.77. The molecule has 0 aliphatic carbocycles. The molecule has 4 rings (SSSR count). The quantitative estimate of drug-likeness (QED) is 0.400. The Kier molecular flexibility index (Phi) is 2.18. The number of nitrogens with zero attached hydrogens (tertiary/aromatic N) is 2. The first kappa shape index (κ1) is 9.39. The van der Waals surface area contributed by atoms with Gasteiger partial charge in [0.05, 0.1) is 18.6 Å². The number of nitriles is 1. The van der Waals surface area contributed by atoms with Gasteiger partial charge in [-0.05, 0) is 61.1 Å². The number of hydrogen-bond donors (Lipinski definition) is 0. The molecule has 28 heavy (non-hydrogen) atoms. The van der Waals surface area contributed by atoms with Crippen LogP contribution in [0, 0.1) is 32.0 Å². The first-order valence-electron chi connectivity index (χ1n) is 14.2. The molecule has 0 atom stereocenters. The first-order chi connectivity index (χ1) is 17.8. The normalized spacial score (nSPS) is 19.0. The monoisotopic (exact) mass is 380 g/mol. The fourth-order valence-electron chi connectivity index (χ4n) is 3.47. The van der Waals surface area contributed by atoms with E-state index in [2.05, 4.69) is 6.07 Å². The van der Waals surface area contributed by atoms with Crippen LogP contribution in [0.5, 0.6) is 0 Å². The fraction of sp³-hybridized carbons (Fsp3) is 0.280. The molecule has 0 saturated heterocycles. The van der Waals surface area contributed by atoms with Gasteiger partial charge in [0.25, 0.3) is 0 Å². The van der Waals surface area contributed by atoms with Crippen molar-refractivity contribution in [1.82, 2.24) is 0 Å². The topological polar surface area (TPSA) is 40.8 Å². The molecule has 0 N–H and O–H groups in total. The van der Waals surface area contributed by atoms with Crippen molar-refractivity contribution in [3.63, 3.8) is 0 Å². The van der Waals surface area contributed by atoms with E-state index in [-0.39, 0.29) is 11.4 Å². The molecule has 0 aliphatic rings. The van der Waals surface area contributed by atoms with Crippen molar-refractivity contribution >= 4 is 21.9 Å². The molecule has 0 saturated carbocycles. The Balaban J connectivity index is 2.18. The van der Waals surface area contributed by atoms with Gasteiger partial charge in [0.15, 0.2) is 5.69 Å². The Morgan fingerprint density at radius 2 is 1.96 bits per heavy atom. The van der Waals surface area contributed by atoms with Gasteiger partial charge in [-0.15, -0.1) is 0 Å². The molecule has 0 spiro atoms. The Morgan fingerprint density at radius 1 is 1.18 bits per heavy atom. The van der Waals surface area contributed by atoms with Crippen molar-refractivity contribution in [3.05, 3.63) is 64.3 Å². The van der Waals surface area contributed by atoms with Crippen LogP contribution in [0.4, 0.5) is 0 Å². The highest BCUT2D eigenvalue weighted by Gasteiger charge is 2.22. The zero-order valence-electron chi connectivity index (χ0n) is 26.7. The molecule has 3 nitrogen and oxygen atoms in total. The lowest BCUT2D eigenvalue weighted by Crippen LogP contribution is -2.36. The fourth-order valence-corrected chi connectivity index (χ4v) is 3.47. The summed E-state index contributed by atoms with van der Waals surface area (Å²) in [5.41, 5.74) is 0.757. The zero-order valence-corrected chi connectivity index (χ0v) is 15.7. The molecular weight excluding hydrogens is 344 g/mol. The lowest BCUT2D eigenvalue weighted by molar-refractivity contribution is -0.667. The van der Waals surface area contributed by atoms with Crippen molar-refractivity contribution in [2.45, 2.75) is 40.3 Å². The van der Waals surface area contributed by atoms with E-state index in [0.29, 0.717) is 27.9 Å². The van der Waals surface area contributed by atoms with E-state index in [9.17, 15) is 5.26 Å². The van der Waals surface area contributed by atoms with Crippen molar-refractivity contribution in [3.8, 4) is 17.3 Å². The number of benzene rings is 2. The molecule has 2 aromatic carbocycles. The molecule has 4 aromatic rings. The van der Waals surface area contributed by atoms with E-state index in [0.717, 1.165) is 10.8 Å². The van der Waals surface area contributed by atoms with Crippen LogP contribution in [0.1, 0.15) is 62.6 Å². The average molecular weight is 381 g/mol. The first-order valence-corrected chi connectivity index (χ1v) is 8.67. The van der Waals surface area contributed by atoms with E-state index in [1.807, 2.05) is 0 Å². The molecule has 2 aromatic heterocycles. The van der Waals surface area contributed by atoms with Gasteiger partial charge in [0.1, 0.15) is 18.2 Å². The van der Waals surface area contributed by atoms with Crippen molar-refractivity contribution in [2.24, 2.45) is 7.05 Å². The largest absolute Gasteiger partial charge is 0.456 e. The van der Waals surface area contributed by atoms with Crippen LogP contribution in [0.25, 0.3) is 33.2 Å². The maximum atomic E-state index is 9.23. The molecule has 0 fully saturated rings. The summed E-state index contributed by atoms with van der Waals surface area (Å²) in [6.45, 7) is -6.86. The predicted molar refractivity (Wildman–Crippen MR) is 113 cm³/mol. The summed E-state index contributed by atoms with van der Waals surface area (Å²) in [4.78, 5) is 0. The molecule has 3 heteroatoms. The van der Waals surface area contributed by atoms with Gasteiger partial charge in [-0.25, -0.2) is 0 Å². The highest BCUT2D eigenvalue weighted by atomic mass is 16.3. The van der Waals surface area contributed by atoms with Gasteiger partial charge in [-0.3, -0.25) is 0 Å². The minimum absolute atomic E-state index is 0.00360. The maximum absolute atomic E-state index is 9.23. The predicted octanol–water partition coefficient (Wildman–Crippen LogP) is 6.00. The Morgan fingerprint density at radius 3 is 2.68 bits per heavy atom. The number of furan rings is 1. The second-order valence-corrected chi connectivity index (χ2v) is 6.83. The second kappa shape index (κ2) is 6.49. The van der Waals surface area contributed by atoms with Crippen molar-refractivity contribution in [2.75, 3.05) is 0 Å². The Labute approximate surface area is 181 Å². The number of hydrogen-bond acceptors (Lipinski definition) is 2. The summed E-state index contributed by atoms with van der Waals surface area (Å²) < 4.78 is 97.5. The molecule has 0 bridgehead atoms. The van der Waals surface area contributed by atoms with E-state index < -0.39 is 43.6 Å². The summed E-state index contributed by atoms with van der Waals surface area (Å²) in [7, 11) is 1.50. The molecule has 0 radical (unpaired) electrons. The minimum atomic E-state index is -3.49. The van der Waals surface area contributed by atoms with Crippen LogP contribution in [0.3, 0.4) is 0 Å². The summed E-state index contributed by atoms with van der Waals surface area (Å²) >= 11 is 0. The molecular formula is C25H25N2O+. The van der Waals surface area contributed by atoms with E-state index in [4.69, 9.17) is 19.5 Å². The Bertz CT molecular complexity index is 1670. The van der Waals surface area contributed by atoms with E-state index in [1.54, 1.807) is 37.3 Å². The SMILES string of the molecule is [2H]c1c(C([2H])(C([2H])([2H])[2H])C([2H])([2H])[2H])c(C([2H])([2H])[2H])c(C)[n+](C)c1-c1cc2oc3cc(C#N)ccc3c2cc1C. The van der Waals surface area contributed by atoms with Gasteiger partial charge >= 0.3 is 0 Å². The molecule has 0 amide bonds. The third-order valence-corrected chi connectivity index (χ3v) is 5.15. The minimum Gasteiger partial charge on any atom is -0.456 e. The van der Waals surface area contributed by atoms with Gasteiger partial charge in [0.2, 0.25) is 5.69 Å². The highest BCUT2D eigenvalue weighted by Crippen LogP contribution is 2.35. The van der Waals surface area contributed by atoms with Crippen molar-refractivity contribution < 1.29 is 24.1 Å². The van der Waals surface area contributed by atoms with Gasteiger partial charge in [-0.2, -0.15) is 9.83 Å². The van der Waals surface area contributed by atoms with Crippen LogP contribution in [-0.4, -0.2) is 0 Å². The van der Waals surface area contributed by atoms with E-state index in [1.165, 1.54) is 18.5 Å². The van der Waals surface area contributed by atoms with Crippen LogP contribution in [0.15, 0.2) is 40.8 Å². The lowest BCUT2D eigenvalue weighted by atomic mass is 9.93. The van der Waals surface area contributed by atoms with Crippen LogP contribution in [-0.2, 0) is 7.05 Å². The Hall–Kier alpha value is -3.12. The smallest absolute Gasteiger partial charge is 0.213 e. The third kappa shape index (κ3) is 2.68. The maximum Gasteiger partial charge on any atom is 0.213 e. The molecule has 140 valence electrons.